The number of ketones is 2. The van der Waals surface area contributed by atoms with Crippen LogP contribution in [0.5, 0.6) is 0 Å². The molecular weight excluding hydrogens is 729 g/mol. The Hall–Kier alpha value is -3.78. The fraction of sp³-hybridized carbons (Fsp3) is 0.552. The quantitative estimate of drug-likeness (QED) is 0.0557. The highest BCUT2D eigenvalue weighted by Crippen LogP contribution is 2.23. The molecule has 2 nitrogen and oxygen atoms in total. The maximum absolute atomic E-state index is 12.5. The van der Waals surface area contributed by atoms with E-state index in [-0.39, 0.29) is 11.6 Å². The standard InChI is InChI=1S/C58H88O2/c1-44(2)23-14-24-45(3)25-15-26-46(4)27-16-28-47(5)29-17-30-48(6)31-18-32-49(7)33-19-34-50(8)35-20-36-51(9)37-21-38-52(10)39-22-40-53(11)41-42-56-43-57(59)54(12)55(13)58(56)60/h23,25,27,29,31,33,35,37,39,41,43H,14-22,24,26,28,30,32,34,36,38,40,42H2,1-13H3. The molecule has 332 valence electrons. The molecule has 0 amide bonds. The van der Waals surface area contributed by atoms with Gasteiger partial charge in [-0.3, -0.25) is 9.59 Å². The van der Waals surface area contributed by atoms with Crippen molar-refractivity contribution in [1.82, 2.24) is 0 Å². The summed E-state index contributed by atoms with van der Waals surface area (Å²) in [6, 6.07) is 0. The lowest BCUT2D eigenvalue weighted by Gasteiger charge is -2.13. The van der Waals surface area contributed by atoms with Crippen molar-refractivity contribution in [3.63, 3.8) is 0 Å². The molecule has 0 N–H and O–H groups in total. The number of hydrogen-bond acceptors (Lipinski definition) is 2. The predicted octanol–water partition coefficient (Wildman–Crippen LogP) is 18.3. The topological polar surface area (TPSA) is 34.1 Å². The highest BCUT2D eigenvalue weighted by atomic mass is 16.1. The molecule has 0 aliphatic heterocycles. The Morgan fingerprint density at radius 2 is 0.583 bits per heavy atom. The minimum absolute atomic E-state index is 0.00919. The molecule has 1 aliphatic carbocycles. The number of carbonyl (C=O) groups excluding carboxylic acids is 2. The number of carbonyl (C=O) groups is 2. The third-order valence-electron chi connectivity index (χ3n) is 11.9. The van der Waals surface area contributed by atoms with Crippen molar-refractivity contribution in [2.45, 2.75) is 212 Å². The molecule has 0 saturated carbocycles. The molecule has 0 saturated heterocycles. The van der Waals surface area contributed by atoms with Gasteiger partial charge in [0.05, 0.1) is 0 Å². The average Bonchev–Trinajstić information content (AvgIpc) is 3.17. The first kappa shape index (κ1) is 54.2. The van der Waals surface area contributed by atoms with Gasteiger partial charge in [0.2, 0.25) is 0 Å². The summed E-state index contributed by atoms with van der Waals surface area (Å²) in [5, 5.41) is 0. The van der Waals surface area contributed by atoms with Crippen molar-refractivity contribution in [3.05, 3.63) is 139 Å². The average molecular weight is 817 g/mol. The third kappa shape index (κ3) is 27.1. The van der Waals surface area contributed by atoms with Gasteiger partial charge in [0.25, 0.3) is 0 Å². The lowest BCUT2D eigenvalue weighted by molar-refractivity contribution is -0.115. The Morgan fingerprint density at radius 1 is 0.350 bits per heavy atom. The van der Waals surface area contributed by atoms with Crippen molar-refractivity contribution in [3.8, 4) is 0 Å². The fourth-order valence-corrected chi connectivity index (χ4v) is 7.24. The van der Waals surface area contributed by atoms with Crippen LogP contribution < -0.4 is 0 Å². The van der Waals surface area contributed by atoms with E-state index in [0.717, 1.165) is 96.3 Å². The molecule has 0 heterocycles. The van der Waals surface area contributed by atoms with Crippen molar-refractivity contribution >= 4 is 11.6 Å². The summed E-state index contributed by atoms with van der Waals surface area (Å²) < 4.78 is 0. The van der Waals surface area contributed by atoms with E-state index in [1.165, 1.54) is 81.1 Å². The van der Waals surface area contributed by atoms with Crippen LogP contribution in [-0.2, 0) is 9.59 Å². The van der Waals surface area contributed by atoms with Gasteiger partial charge < -0.3 is 0 Å². The van der Waals surface area contributed by atoms with Gasteiger partial charge >= 0.3 is 0 Å². The zero-order valence-corrected chi connectivity index (χ0v) is 41.1. The van der Waals surface area contributed by atoms with E-state index in [2.05, 4.69) is 137 Å². The van der Waals surface area contributed by atoms with E-state index in [0.29, 0.717) is 23.1 Å². The molecule has 0 fully saturated rings. The Labute approximate surface area is 371 Å². The number of hydrogen-bond donors (Lipinski definition) is 0. The number of allylic oxidation sites excluding steroid dienone is 24. The number of Topliss-reactive ketones (excluding diaryl/α,β-unsaturated/α-hetero) is 1. The molecular formula is C58H88O2. The maximum atomic E-state index is 12.5. The van der Waals surface area contributed by atoms with Crippen LogP contribution in [0.4, 0.5) is 0 Å². The normalized spacial score (nSPS) is 16.0. The van der Waals surface area contributed by atoms with Gasteiger partial charge in [-0.05, 0) is 218 Å². The summed E-state index contributed by atoms with van der Waals surface area (Å²) >= 11 is 0. The Morgan fingerprint density at radius 3 is 0.833 bits per heavy atom. The van der Waals surface area contributed by atoms with Crippen LogP contribution in [0.2, 0.25) is 0 Å². The van der Waals surface area contributed by atoms with E-state index in [4.69, 9.17) is 0 Å². The van der Waals surface area contributed by atoms with Crippen LogP contribution >= 0.6 is 0 Å². The second kappa shape index (κ2) is 32.0. The van der Waals surface area contributed by atoms with Crippen LogP contribution in [0, 0.1) is 0 Å². The lowest BCUT2D eigenvalue weighted by atomic mass is 9.89. The van der Waals surface area contributed by atoms with Crippen molar-refractivity contribution in [2.24, 2.45) is 0 Å². The molecule has 0 aromatic heterocycles. The molecule has 1 aliphatic rings. The highest BCUT2D eigenvalue weighted by Gasteiger charge is 2.22. The molecule has 1 rings (SSSR count). The van der Waals surface area contributed by atoms with E-state index in [9.17, 15) is 9.59 Å². The van der Waals surface area contributed by atoms with Crippen molar-refractivity contribution in [1.29, 1.82) is 0 Å². The van der Waals surface area contributed by atoms with Crippen LogP contribution in [0.1, 0.15) is 212 Å². The zero-order chi connectivity index (χ0) is 44.9. The van der Waals surface area contributed by atoms with Gasteiger partial charge in [-0.1, -0.05) is 116 Å². The van der Waals surface area contributed by atoms with Crippen LogP contribution in [-0.4, -0.2) is 11.6 Å². The predicted molar refractivity (Wildman–Crippen MR) is 267 cm³/mol. The van der Waals surface area contributed by atoms with Gasteiger partial charge in [0, 0.05) is 16.7 Å². The minimum atomic E-state index is -0.0354. The number of rotatable bonds is 29. The molecule has 0 aromatic carbocycles. The zero-order valence-electron chi connectivity index (χ0n) is 41.1. The SMILES string of the molecule is CC(C)=CCCC(C)=CCCC(C)=CCCC(C)=CCCC(C)=CCCC(C)=CCCC(C)=CCCC(C)=CCCC(C)=CCCC(C)=CCC1=CC(=O)C(C)=C(C)C1=O. The highest BCUT2D eigenvalue weighted by molar-refractivity contribution is 6.22. The first-order valence-corrected chi connectivity index (χ1v) is 23.5. The Bertz CT molecular complexity index is 1750. The van der Waals surface area contributed by atoms with Gasteiger partial charge in [-0.25, -0.2) is 0 Å². The maximum Gasteiger partial charge on any atom is 0.185 e. The van der Waals surface area contributed by atoms with E-state index in [1.54, 1.807) is 13.8 Å². The summed E-state index contributed by atoms with van der Waals surface area (Å²) in [5.41, 5.74) is 16.5. The first-order chi connectivity index (χ1) is 28.5. The van der Waals surface area contributed by atoms with Crippen LogP contribution in [0.3, 0.4) is 0 Å². The Balaban J connectivity index is 2.26. The first-order valence-electron chi connectivity index (χ1n) is 23.5. The molecule has 0 radical (unpaired) electrons. The van der Waals surface area contributed by atoms with Crippen molar-refractivity contribution < 1.29 is 9.59 Å². The summed E-state index contributed by atoms with van der Waals surface area (Å²) in [6.45, 7) is 28.2. The molecule has 60 heavy (non-hydrogen) atoms. The summed E-state index contributed by atoms with van der Waals surface area (Å²) in [4.78, 5) is 24.6. The molecule has 0 aromatic rings. The smallest absolute Gasteiger partial charge is 0.185 e. The second-order valence-corrected chi connectivity index (χ2v) is 18.4. The van der Waals surface area contributed by atoms with Gasteiger partial charge in [0.1, 0.15) is 0 Å². The molecule has 0 atom stereocenters. The van der Waals surface area contributed by atoms with Crippen LogP contribution in [0.25, 0.3) is 0 Å². The molecule has 0 bridgehead atoms. The molecule has 0 spiro atoms. The van der Waals surface area contributed by atoms with E-state index < -0.39 is 0 Å². The molecule has 0 unspecified atom stereocenters. The molecule has 2 heteroatoms. The largest absolute Gasteiger partial charge is 0.290 e. The third-order valence-corrected chi connectivity index (χ3v) is 11.9. The summed E-state index contributed by atoms with van der Waals surface area (Å²) in [7, 11) is 0. The van der Waals surface area contributed by atoms with E-state index >= 15 is 0 Å². The second-order valence-electron chi connectivity index (χ2n) is 18.4. The fourth-order valence-electron chi connectivity index (χ4n) is 7.24. The minimum Gasteiger partial charge on any atom is -0.290 e. The lowest BCUT2D eigenvalue weighted by Crippen LogP contribution is -2.16. The van der Waals surface area contributed by atoms with Gasteiger partial charge in [-0.2, -0.15) is 0 Å². The van der Waals surface area contributed by atoms with Crippen molar-refractivity contribution in [2.75, 3.05) is 0 Å². The van der Waals surface area contributed by atoms with E-state index in [1.807, 2.05) is 0 Å². The van der Waals surface area contributed by atoms with Crippen LogP contribution in [0.15, 0.2) is 139 Å². The van der Waals surface area contributed by atoms with Gasteiger partial charge in [0.15, 0.2) is 11.6 Å². The monoisotopic (exact) mass is 817 g/mol. The summed E-state index contributed by atoms with van der Waals surface area (Å²) in [6.07, 6.45) is 46.3. The van der Waals surface area contributed by atoms with Gasteiger partial charge in [-0.15, -0.1) is 0 Å². The Kier molecular flexibility index (Phi) is 28.9. The summed E-state index contributed by atoms with van der Waals surface area (Å²) in [5.74, 6) is -0.0262.